The molecule has 0 amide bonds. The Morgan fingerprint density at radius 2 is 1.24 bits per heavy atom. The molecule has 0 radical (unpaired) electrons. The number of halogens is 2. The van der Waals surface area contributed by atoms with Crippen molar-refractivity contribution in [3.05, 3.63) is 165 Å². The number of aromatic nitrogens is 1. The first-order valence-corrected chi connectivity index (χ1v) is 13.6. The van der Waals surface area contributed by atoms with Crippen molar-refractivity contribution >= 4 is 39.2 Å². The molecule has 2 atom stereocenters. The number of rotatable bonds is 8. The zero-order valence-corrected chi connectivity index (χ0v) is 22.7. The summed E-state index contributed by atoms with van der Waals surface area (Å²) >= 11 is 6.16. The number of hydrogen-bond donors (Lipinski definition) is 0. The summed E-state index contributed by atoms with van der Waals surface area (Å²) in [6.07, 6.45) is -1.92. The molecule has 1 heterocycles. The van der Waals surface area contributed by atoms with Gasteiger partial charge in [0.2, 0.25) is 0 Å². The fourth-order valence-corrected chi connectivity index (χ4v) is 5.37. The highest BCUT2D eigenvalue weighted by atomic mass is 35.5. The Bertz CT molecular complexity index is 1860. The SMILES string of the molecule is O=C(Cn1c2ccccc2c(=O)c2ccccc21)C(O[C@@H](c1ccccc1)c1ccc(Cl)cc1)c1ccccc1F. The van der Waals surface area contributed by atoms with E-state index in [1.54, 1.807) is 54.6 Å². The normalized spacial score (nSPS) is 12.8. The van der Waals surface area contributed by atoms with Gasteiger partial charge < -0.3 is 9.30 Å². The molecule has 6 rings (SSSR count). The lowest BCUT2D eigenvalue weighted by atomic mass is 9.99. The number of hydrogen-bond acceptors (Lipinski definition) is 3. The zero-order valence-electron chi connectivity index (χ0n) is 21.9. The topological polar surface area (TPSA) is 48.3 Å². The molecule has 202 valence electrons. The van der Waals surface area contributed by atoms with E-state index in [-0.39, 0.29) is 23.3 Å². The van der Waals surface area contributed by atoms with Crippen LogP contribution >= 0.6 is 11.6 Å². The minimum absolute atomic E-state index is 0.103. The summed E-state index contributed by atoms with van der Waals surface area (Å²) in [5, 5.41) is 1.58. The van der Waals surface area contributed by atoms with Gasteiger partial charge in [0.15, 0.2) is 11.2 Å². The van der Waals surface area contributed by atoms with Crippen molar-refractivity contribution in [3.63, 3.8) is 0 Å². The molecule has 0 spiro atoms. The molecule has 4 nitrogen and oxygen atoms in total. The molecular formula is C35H25ClFNO3. The van der Waals surface area contributed by atoms with Crippen LogP contribution in [0.5, 0.6) is 0 Å². The molecule has 6 aromatic rings. The first-order valence-electron chi connectivity index (χ1n) is 13.2. The summed E-state index contributed by atoms with van der Waals surface area (Å²) in [5.41, 5.74) is 2.86. The second-order valence-corrected chi connectivity index (χ2v) is 10.2. The zero-order chi connectivity index (χ0) is 28.3. The maximum Gasteiger partial charge on any atom is 0.197 e. The molecule has 0 aliphatic heterocycles. The fourth-order valence-electron chi connectivity index (χ4n) is 5.25. The van der Waals surface area contributed by atoms with Crippen molar-refractivity contribution in [3.8, 4) is 0 Å². The van der Waals surface area contributed by atoms with Crippen molar-refractivity contribution in [2.45, 2.75) is 18.8 Å². The molecule has 41 heavy (non-hydrogen) atoms. The number of fused-ring (bicyclic) bond motifs is 2. The quantitative estimate of drug-likeness (QED) is 0.177. The summed E-state index contributed by atoms with van der Waals surface area (Å²) in [6.45, 7) is -0.136. The molecular weight excluding hydrogens is 537 g/mol. The predicted octanol–water partition coefficient (Wildman–Crippen LogP) is 8.06. The predicted molar refractivity (Wildman–Crippen MR) is 161 cm³/mol. The van der Waals surface area contributed by atoms with E-state index in [0.717, 1.165) is 11.1 Å². The number of Topliss-reactive ketones (excluding diaryl/α,β-unsaturated/α-hetero) is 1. The van der Waals surface area contributed by atoms with E-state index in [4.69, 9.17) is 16.3 Å². The molecule has 0 bridgehead atoms. The monoisotopic (exact) mass is 561 g/mol. The van der Waals surface area contributed by atoms with Gasteiger partial charge >= 0.3 is 0 Å². The summed E-state index contributed by atoms with van der Waals surface area (Å²) in [7, 11) is 0. The van der Waals surface area contributed by atoms with Crippen LogP contribution in [0, 0.1) is 5.82 Å². The van der Waals surface area contributed by atoms with Gasteiger partial charge in [-0.05, 0) is 53.6 Å². The smallest absolute Gasteiger partial charge is 0.197 e. The minimum Gasteiger partial charge on any atom is -0.353 e. The van der Waals surface area contributed by atoms with Gasteiger partial charge in [-0.15, -0.1) is 0 Å². The highest BCUT2D eigenvalue weighted by molar-refractivity contribution is 6.30. The van der Waals surface area contributed by atoms with Gasteiger partial charge in [-0.3, -0.25) is 9.59 Å². The summed E-state index contributed by atoms with van der Waals surface area (Å²) in [6, 6.07) is 37.2. The van der Waals surface area contributed by atoms with Crippen molar-refractivity contribution in [2.24, 2.45) is 0 Å². The Balaban J connectivity index is 1.48. The number of para-hydroxylation sites is 2. The third-order valence-electron chi connectivity index (χ3n) is 7.22. The maximum atomic E-state index is 15.3. The third-order valence-corrected chi connectivity index (χ3v) is 7.47. The molecule has 0 saturated carbocycles. The fraction of sp³-hybridized carbons (Fsp3) is 0.0857. The van der Waals surface area contributed by atoms with E-state index < -0.39 is 18.0 Å². The number of ketones is 1. The van der Waals surface area contributed by atoms with Crippen LogP contribution in [0.3, 0.4) is 0 Å². The van der Waals surface area contributed by atoms with Crippen molar-refractivity contribution in [2.75, 3.05) is 0 Å². The van der Waals surface area contributed by atoms with E-state index in [9.17, 15) is 9.59 Å². The second-order valence-electron chi connectivity index (χ2n) is 9.80. The molecule has 0 N–H and O–H groups in total. The Kier molecular flexibility index (Phi) is 7.47. The van der Waals surface area contributed by atoms with Gasteiger partial charge in [-0.25, -0.2) is 4.39 Å². The lowest BCUT2D eigenvalue weighted by molar-refractivity contribution is -0.134. The largest absolute Gasteiger partial charge is 0.353 e. The third kappa shape index (κ3) is 5.30. The minimum atomic E-state index is -1.24. The highest BCUT2D eigenvalue weighted by Crippen LogP contribution is 2.35. The lowest BCUT2D eigenvalue weighted by Crippen LogP contribution is -2.25. The molecule has 6 heteroatoms. The molecule has 0 saturated heterocycles. The summed E-state index contributed by atoms with van der Waals surface area (Å²) < 4.78 is 23.7. The van der Waals surface area contributed by atoms with Crippen molar-refractivity contribution in [1.82, 2.24) is 4.57 Å². The van der Waals surface area contributed by atoms with Crippen LogP contribution in [-0.4, -0.2) is 10.4 Å². The number of carbonyl (C=O) groups excluding carboxylic acids is 1. The van der Waals surface area contributed by atoms with Gasteiger partial charge in [0, 0.05) is 21.4 Å². The summed E-state index contributed by atoms with van der Waals surface area (Å²) in [4.78, 5) is 27.5. The van der Waals surface area contributed by atoms with E-state index in [2.05, 4.69) is 0 Å². The molecule has 1 aromatic heterocycles. The van der Waals surface area contributed by atoms with Gasteiger partial charge in [-0.2, -0.15) is 0 Å². The van der Waals surface area contributed by atoms with Crippen LogP contribution in [0.4, 0.5) is 4.39 Å². The first kappa shape index (κ1) is 26.6. The molecule has 0 aliphatic rings. The number of ether oxygens (including phenoxy) is 1. The molecule has 1 unspecified atom stereocenters. The van der Waals surface area contributed by atoms with Gasteiger partial charge in [0.1, 0.15) is 18.0 Å². The molecule has 0 fully saturated rings. The van der Waals surface area contributed by atoms with Gasteiger partial charge in [0.25, 0.3) is 0 Å². The Morgan fingerprint density at radius 1 is 0.707 bits per heavy atom. The lowest BCUT2D eigenvalue weighted by Gasteiger charge is -2.26. The average Bonchev–Trinajstić information content (AvgIpc) is 3.01. The molecule has 0 aliphatic carbocycles. The highest BCUT2D eigenvalue weighted by Gasteiger charge is 2.30. The standard InChI is InChI=1S/C35H25ClFNO3/c36-25-20-18-24(19-21-25)34(23-10-2-1-3-11-23)41-35(26-12-4-7-15-29(26)37)32(39)22-38-30-16-8-5-13-27(30)33(40)28-14-6-9-17-31(28)38/h1-21,34-35H,22H2/t34-,35?/m0/s1. The maximum absolute atomic E-state index is 15.3. The Labute approximate surface area is 241 Å². The number of carbonyl (C=O) groups is 1. The second kappa shape index (κ2) is 11.5. The average molecular weight is 562 g/mol. The number of nitrogens with zero attached hydrogens (tertiary/aromatic N) is 1. The van der Waals surface area contributed by atoms with E-state index in [1.165, 1.54) is 6.07 Å². The van der Waals surface area contributed by atoms with E-state index in [0.29, 0.717) is 26.8 Å². The van der Waals surface area contributed by atoms with E-state index in [1.807, 2.05) is 71.3 Å². The van der Waals surface area contributed by atoms with Crippen LogP contribution < -0.4 is 5.43 Å². The van der Waals surface area contributed by atoms with Gasteiger partial charge in [0.05, 0.1) is 17.6 Å². The van der Waals surface area contributed by atoms with Gasteiger partial charge in [-0.1, -0.05) is 96.5 Å². The van der Waals surface area contributed by atoms with Crippen LogP contribution in [0.15, 0.2) is 132 Å². The number of benzene rings is 5. The van der Waals surface area contributed by atoms with E-state index >= 15 is 4.39 Å². The summed E-state index contributed by atoms with van der Waals surface area (Å²) in [5.74, 6) is -0.896. The van der Waals surface area contributed by atoms with Crippen molar-refractivity contribution < 1.29 is 13.9 Å². The van der Waals surface area contributed by atoms with Crippen molar-refractivity contribution in [1.29, 1.82) is 0 Å². The molecule has 5 aromatic carbocycles. The van der Waals surface area contributed by atoms with Crippen LogP contribution in [0.1, 0.15) is 28.9 Å². The first-order chi connectivity index (χ1) is 20.0. The number of pyridine rings is 1. The van der Waals surface area contributed by atoms with Crippen LogP contribution in [0.2, 0.25) is 5.02 Å². The Morgan fingerprint density at radius 3 is 1.88 bits per heavy atom. The van der Waals surface area contributed by atoms with Crippen LogP contribution in [0.25, 0.3) is 21.8 Å². The Hall–Kier alpha value is -4.58. The van der Waals surface area contributed by atoms with Crippen LogP contribution in [-0.2, 0) is 16.1 Å².